The zero-order valence-electron chi connectivity index (χ0n) is 18.2. The summed E-state index contributed by atoms with van der Waals surface area (Å²) in [4.78, 5) is 40.3. The molecule has 3 aromatic rings. The van der Waals surface area contributed by atoms with Crippen LogP contribution in [0.25, 0.3) is 4.91 Å². The van der Waals surface area contributed by atoms with Crippen LogP contribution in [-0.2, 0) is 9.59 Å². The van der Waals surface area contributed by atoms with Gasteiger partial charge in [-0.1, -0.05) is 48.5 Å². The quantitative estimate of drug-likeness (QED) is 0.294. The van der Waals surface area contributed by atoms with Gasteiger partial charge in [-0.3, -0.25) is 19.7 Å². The summed E-state index contributed by atoms with van der Waals surface area (Å²) in [5, 5.41) is 10.8. The first-order valence-corrected chi connectivity index (χ1v) is 11.6. The summed E-state index contributed by atoms with van der Waals surface area (Å²) in [6.07, 6.45) is 1.96. The van der Waals surface area contributed by atoms with Crippen LogP contribution in [0.5, 0.6) is 5.75 Å². The van der Waals surface area contributed by atoms with Crippen LogP contribution in [0.1, 0.15) is 17.0 Å². The first kappa shape index (κ1) is 21.9. The molecule has 0 bridgehead atoms. The van der Waals surface area contributed by atoms with Crippen LogP contribution in [0.15, 0.2) is 84.9 Å². The van der Waals surface area contributed by atoms with Gasteiger partial charge in [0.15, 0.2) is 0 Å². The van der Waals surface area contributed by atoms with Gasteiger partial charge < -0.3 is 4.74 Å². The van der Waals surface area contributed by atoms with Gasteiger partial charge in [-0.05, 0) is 35.4 Å². The van der Waals surface area contributed by atoms with Crippen molar-refractivity contribution in [3.05, 3.63) is 106 Å². The largest absolute Gasteiger partial charge is 0.497 e. The van der Waals surface area contributed by atoms with Gasteiger partial charge in [0, 0.05) is 23.0 Å². The van der Waals surface area contributed by atoms with Crippen molar-refractivity contribution in [2.24, 2.45) is 5.92 Å². The number of hydrogen-bond acceptors (Lipinski definition) is 6. The summed E-state index contributed by atoms with van der Waals surface area (Å²) >= 11 is 1.37. The Hall–Kier alpha value is -3.91. The van der Waals surface area contributed by atoms with Gasteiger partial charge in [0.05, 0.1) is 23.6 Å². The summed E-state index contributed by atoms with van der Waals surface area (Å²) in [7, 11) is 1.55. The van der Waals surface area contributed by atoms with Crippen molar-refractivity contribution in [3.8, 4) is 5.75 Å². The van der Waals surface area contributed by atoms with E-state index in [2.05, 4.69) is 0 Å². The lowest BCUT2D eigenvalue weighted by Gasteiger charge is -2.29. The van der Waals surface area contributed by atoms with Crippen LogP contribution in [-0.4, -0.2) is 29.1 Å². The zero-order valence-corrected chi connectivity index (χ0v) is 19.0. The number of ether oxygens (including phenoxy) is 1. The minimum atomic E-state index is -0.672. The number of benzene rings is 3. The number of rotatable bonds is 5. The highest BCUT2D eigenvalue weighted by atomic mass is 32.2. The Balaban J connectivity index is 1.60. The van der Waals surface area contributed by atoms with Gasteiger partial charge in [-0.25, -0.2) is 4.90 Å². The number of methoxy groups -OCH3 is 1. The molecule has 2 amide bonds. The molecule has 5 rings (SSSR count). The SMILES string of the molecule is COc1ccc(N2C(=O)C3SC(c4ccccc4)=CC(c4cccc([N+](=O)[O-])c4)C3C2=O)cc1. The Kier molecular flexibility index (Phi) is 5.67. The van der Waals surface area contributed by atoms with Crippen LogP contribution in [0.4, 0.5) is 11.4 Å². The fourth-order valence-corrected chi connectivity index (χ4v) is 5.89. The standard InChI is InChI=1S/C26H20N2O5S/c1-33-20-12-10-18(11-13-20)27-25(29)23-21(17-8-5-9-19(14-17)28(31)32)15-22(34-24(23)26(27)30)16-6-3-2-4-7-16/h2-15,21,23-24H,1H3. The lowest BCUT2D eigenvalue weighted by atomic mass is 9.83. The Morgan fingerprint density at radius 1 is 0.941 bits per heavy atom. The Bertz CT molecular complexity index is 1310. The number of amides is 2. The lowest BCUT2D eigenvalue weighted by molar-refractivity contribution is -0.384. The molecule has 170 valence electrons. The van der Waals surface area contributed by atoms with E-state index in [1.807, 2.05) is 36.4 Å². The number of imide groups is 1. The summed E-state index contributed by atoms with van der Waals surface area (Å²) in [5.41, 5.74) is 2.00. The van der Waals surface area contributed by atoms with Crippen LogP contribution in [0.3, 0.4) is 0 Å². The molecular formula is C26H20N2O5S. The first-order valence-electron chi connectivity index (χ1n) is 10.7. The summed E-state index contributed by atoms with van der Waals surface area (Å²) in [5.74, 6) is -1.14. The molecule has 3 atom stereocenters. The van der Waals surface area contributed by atoms with E-state index in [9.17, 15) is 19.7 Å². The van der Waals surface area contributed by atoms with Crippen molar-refractivity contribution >= 4 is 39.9 Å². The molecule has 7 nitrogen and oxygen atoms in total. The van der Waals surface area contributed by atoms with E-state index in [-0.39, 0.29) is 17.5 Å². The van der Waals surface area contributed by atoms with E-state index in [0.717, 1.165) is 10.5 Å². The molecule has 0 aromatic heterocycles. The Labute approximate surface area is 200 Å². The highest BCUT2D eigenvalue weighted by Crippen LogP contribution is 2.51. The predicted octanol–water partition coefficient (Wildman–Crippen LogP) is 5.03. The van der Waals surface area contributed by atoms with E-state index in [4.69, 9.17) is 4.74 Å². The monoisotopic (exact) mass is 472 g/mol. The number of carbonyl (C=O) groups is 2. The molecule has 0 N–H and O–H groups in total. The number of non-ortho nitro benzene ring substituents is 1. The molecule has 3 unspecified atom stereocenters. The zero-order chi connectivity index (χ0) is 23.8. The molecule has 2 heterocycles. The van der Waals surface area contributed by atoms with Crippen molar-refractivity contribution < 1.29 is 19.2 Å². The molecule has 0 radical (unpaired) electrons. The number of nitro benzene ring substituents is 1. The Morgan fingerprint density at radius 3 is 2.35 bits per heavy atom. The van der Waals surface area contributed by atoms with E-state index in [0.29, 0.717) is 17.0 Å². The second kappa shape index (κ2) is 8.79. The lowest BCUT2D eigenvalue weighted by Crippen LogP contribution is -2.31. The van der Waals surface area contributed by atoms with Gasteiger partial charge in [-0.15, -0.1) is 11.8 Å². The summed E-state index contributed by atoms with van der Waals surface area (Å²) in [6.45, 7) is 0. The number of thioether (sulfide) groups is 1. The van der Waals surface area contributed by atoms with Gasteiger partial charge in [0.25, 0.3) is 5.69 Å². The number of fused-ring (bicyclic) bond motifs is 1. The van der Waals surface area contributed by atoms with Crippen molar-refractivity contribution in [1.82, 2.24) is 0 Å². The summed E-state index contributed by atoms with van der Waals surface area (Å²) < 4.78 is 5.19. The minimum absolute atomic E-state index is 0.0503. The molecule has 1 fully saturated rings. The normalized spacial score (nSPS) is 21.7. The molecular weight excluding hydrogens is 452 g/mol. The second-order valence-corrected chi connectivity index (χ2v) is 9.23. The maximum Gasteiger partial charge on any atom is 0.269 e. The van der Waals surface area contributed by atoms with Gasteiger partial charge in [0.2, 0.25) is 11.8 Å². The maximum atomic E-state index is 13.6. The van der Waals surface area contributed by atoms with Crippen molar-refractivity contribution in [3.63, 3.8) is 0 Å². The molecule has 0 saturated carbocycles. The smallest absolute Gasteiger partial charge is 0.269 e. The molecule has 2 aliphatic rings. The van der Waals surface area contributed by atoms with Gasteiger partial charge in [0.1, 0.15) is 11.0 Å². The number of nitro groups is 1. The molecule has 8 heteroatoms. The number of nitrogens with zero attached hydrogens (tertiary/aromatic N) is 2. The maximum absolute atomic E-state index is 13.6. The van der Waals surface area contributed by atoms with E-state index < -0.39 is 22.0 Å². The van der Waals surface area contributed by atoms with Crippen LogP contribution in [0, 0.1) is 16.0 Å². The number of allylic oxidation sites excluding steroid dienone is 1. The van der Waals surface area contributed by atoms with Crippen LogP contribution < -0.4 is 9.64 Å². The van der Waals surface area contributed by atoms with Crippen LogP contribution in [0.2, 0.25) is 0 Å². The number of anilines is 1. The third-order valence-corrected chi connectivity index (χ3v) is 7.50. The topological polar surface area (TPSA) is 89.8 Å². The third kappa shape index (κ3) is 3.76. The highest BCUT2D eigenvalue weighted by molar-refractivity contribution is 8.09. The predicted molar refractivity (Wildman–Crippen MR) is 131 cm³/mol. The second-order valence-electron chi connectivity index (χ2n) is 8.05. The highest BCUT2D eigenvalue weighted by Gasteiger charge is 2.54. The fraction of sp³-hybridized carbons (Fsp3) is 0.154. The van der Waals surface area contributed by atoms with E-state index in [1.165, 1.54) is 28.8 Å². The molecule has 0 spiro atoms. The average molecular weight is 473 g/mol. The molecule has 0 aliphatic carbocycles. The Morgan fingerprint density at radius 2 is 1.68 bits per heavy atom. The number of carbonyl (C=O) groups excluding carboxylic acids is 2. The van der Waals surface area contributed by atoms with Crippen molar-refractivity contribution in [2.45, 2.75) is 11.2 Å². The van der Waals surface area contributed by atoms with Crippen LogP contribution >= 0.6 is 11.8 Å². The molecule has 2 aliphatic heterocycles. The van der Waals surface area contributed by atoms with E-state index >= 15 is 0 Å². The molecule has 34 heavy (non-hydrogen) atoms. The third-order valence-electron chi connectivity index (χ3n) is 6.12. The first-order chi connectivity index (χ1) is 16.5. The fourth-order valence-electron chi connectivity index (χ4n) is 4.48. The van der Waals surface area contributed by atoms with Gasteiger partial charge >= 0.3 is 0 Å². The van der Waals surface area contributed by atoms with E-state index in [1.54, 1.807) is 43.5 Å². The average Bonchev–Trinajstić information content (AvgIpc) is 3.13. The summed E-state index contributed by atoms with van der Waals surface area (Å²) in [6, 6.07) is 22.7. The molecule has 3 aromatic carbocycles. The molecule has 1 saturated heterocycles. The number of hydrogen-bond donors (Lipinski definition) is 0. The van der Waals surface area contributed by atoms with Crippen molar-refractivity contribution in [1.29, 1.82) is 0 Å². The van der Waals surface area contributed by atoms with Crippen molar-refractivity contribution in [2.75, 3.05) is 12.0 Å². The minimum Gasteiger partial charge on any atom is -0.497 e. The van der Waals surface area contributed by atoms with Gasteiger partial charge in [-0.2, -0.15) is 0 Å².